The van der Waals surface area contributed by atoms with Gasteiger partial charge in [0.15, 0.2) is 0 Å². The molecule has 1 aliphatic carbocycles. The van der Waals surface area contributed by atoms with E-state index < -0.39 is 0 Å². The van der Waals surface area contributed by atoms with Crippen LogP contribution in [0.3, 0.4) is 0 Å². The van der Waals surface area contributed by atoms with Gasteiger partial charge in [0, 0.05) is 26.2 Å². The zero-order chi connectivity index (χ0) is 14.7. The maximum Gasteiger partial charge on any atom is 0.231 e. The molecular formula is C15H26N6. The Hall–Kier alpha value is -1.59. The topological polar surface area (TPSA) is 66.0 Å². The van der Waals surface area contributed by atoms with Gasteiger partial charge in [-0.2, -0.15) is 15.0 Å². The van der Waals surface area contributed by atoms with E-state index in [9.17, 15) is 0 Å². The molecule has 0 aromatic carbocycles. The minimum atomic E-state index is 0.422. The Morgan fingerprint density at radius 3 is 2.33 bits per heavy atom. The van der Waals surface area contributed by atoms with E-state index in [2.05, 4.69) is 37.4 Å². The minimum Gasteiger partial charge on any atom is -0.357 e. The molecule has 2 fully saturated rings. The summed E-state index contributed by atoms with van der Waals surface area (Å²) < 4.78 is 0. The highest BCUT2D eigenvalue weighted by Crippen LogP contribution is 2.29. The molecule has 1 atom stereocenters. The average molecular weight is 290 g/mol. The molecule has 6 heteroatoms. The summed E-state index contributed by atoms with van der Waals surface area (Å²) in [6, 6.07) is 0.422. The monoisotopic (exact) mass is 290 g/mol. The second-order valence-electron chi connectivity index (χ2n) is 6.20. The van der Waals surface area contributed by atoms with E-state index in [0.717, 1.165) is 25.0 Å². The van der Waals surface area contributed by atoms with Crippen molar-refractivity contribution in [1.29, 1.82) is 0 Å². The van der Waals surface area contributed by atoms with Crippen LogP contribution in [0.25, 0.3) is 0 Å². The summed E-state index contributed by atoms with van der Waals surface area (Å²) in [4.78, 5) is 15.8. The summed E-state index contributed by atoms with van der Waals surface area (Å²) in [5, 5.41) is 6.54. The lowest BCUT2D eigenvalue weighted by atomic mass is 10.0. The Kier molecular flexibility index (Phi) is 4.41. The van der Waals surface area contributed by atoms with Crippen LogP contribution in [0.15, 0.2) is 0 Å². The first-order valence-corrected chi connectivity index (χ1v) is 8.21. The van der Waals surface area contributed by atoms with Crippen molar-refractivity contribution in [2.45, 2.75) is 51.5 Å². The van der Waals surface area contributed by atoms with E-state index in [1.165, 1.54) is 38.5 Å². The van der Waals surface area contributed by atoms with E-state index in [0.29, 0.717) is 17.9 Å². The number of rotatable bonds is 5. The zero-order valence-electron chi connectivity index (χ0n) is 13.1. The molecule has 21 heavy (non-hydrogen) atoms. The SMILES string of the molecule is CNc1nc(NC(C)C2CCCC2)nc(N2CCCC2)n1. The van der Waals surface area contributed by atoms with Gasteiger partial charge in [-0.3, -0.25) is 0 Å². The van der Waals surface area contributed by atoms with Crippen LogP contribution in [0.2, 0.25) is 0 Å². The number of nitrogens with one attached hydrogen (secondary N) is 2. The molecule has 2 N–H and O–H groups in total. The van der Waals surface area contributed by atoms with Crippen LogP contribution in [0.1, 0.15) is 45.4 Å². The molecule has 0 spiro atoms. The van der Waals surface area contributed by atoms with E-state index in [1.54, 1.807) is 0 Å². The Balaban J connectivity index is 1.75. The first-order chi connectivity index (χ1) is 10.3. The van der Waals surface area contributed by atoms with Crippen LogP contribution < -0.4 is 15.5 Å². The number of hydrogen-bond acceptors (Lipinski definition) is 6. The third kappa shape index (κ3) is 3.36. The molecule has 1 aromatic rings. The highest BCUT2D eigenvalue weighted by Gasteiger charge is 2.23. The Morgan fingerprint density at radius 1 is 1.00 bits per heavy atom. The van der Waals surface area contributed by atoms with E-state index in [1.807, 2.05) is 7.05 Å². The normalized spacial score (nSPS) is 20.8. The van der Waals surface area contributed by atoms with Crippen LogP contribution in [0, 0.1) is 5.92 Å². The smallest absolute Gasteiger partial charge is 0.231 e. The molecule has 6 nitrogen and oxygen atoms in total. The quantitative estimate of drug-likeness (QED) is 0.868. The molecule has 0 amide bonds. The first kappa shape index (κ1) is 14.4. The fourth-order valence-electron chi connectivity index (χ4n) is 3.38. The van der Waals surface area contributed by atoms with Gasteiger partial charge in [-0.25, -0.2) is 0 Å². The fourth-order valence-corrected chi connectivity index (χ4v) is 3.38. The molecule has 0 radical (unpaired) electrons. The fraction of sp³-hybridized carbons (Fsp3) is 0.800. The third-order valence-corrected chi connectivity index (χ3v) is 4.70. The maximum absolute atomic E-state index is 4.63. The van der Waals surface area contributed by atoms with Gasteiger partial charge in [0.05, 0.1) is 0 Å². The molecule has 0 bridgehead atoms. The molecule has 3 rings (SSSR count). The minimum absolute atomic E-state index is 0.422. The predicted octanol–water partition coefficient (Wildman–Crippen LogP) is 2.50. The van der Waals surface area contributed by atoms with Crippen LogP contribution in [0.5, 0.6) is 0 Å². The van der Waals surface area contributed by atoms with Crippen molar-refractivity contribution in [3.8, 4) is 0 Å². The molecule has 1 unspecified atom stereocenters. The van der Waals surface area contributed by atoms with Crippen LogP contribution in [0.4, 0.5) is 17.8 Å². The van der Waals surface area contributed by atoms with Crippen molar-refractivity contribution >= 4 is 17.8 Å². The largest absolute Gasteiger partial charge is 0.357 e. The van der Waals surface area contributed by atoms with Crippen molar-refractivity contribution < 1.29 is 0 Å². The summed E-state index contributed by atoms with van der Waals surface area (Å²) in [5.74, 6) is 2.90. The van der Waals surface area contributed by atoms with Crippen LogP contribution in [-0.2, 0) is 0 Å². The molecule has 2 heterocycles. The van der Waals surface area contributed by atoms with E-state index in [-0.39, 0.29) is 0 Å². The summed E-state index contributed by atoms with van der Waals surface area (Å²) in [6.07, 6.45) is 7.79. The maximum atomic E-state index is 4.63. The lowest BCUT2D eigenvalue weighted by Gasteiger charge is -2.22. The van der Waals surface area contributed by atoms with Crippen molar-refractivity contribution in [3.63, 3.8) is 0 Å². The van der Waals surface area contributed by atoms with Crippen molar-refractivity contribution in [1.82, 2.24) is 15.0 Å². The molecule has 1 saturated heterocycles. The number of anilines is 3. The standard InChI is InChI=1S/C15H26N6/c1-11(12-7-3-4-8-12)17-14-18-13(16-2)19-15(20-14)21-9-5-6-10-21/h11-12H,3-10H2,1-2H3,(H2,16,17,18,19,20). The van der Waals surface area contributed by atoms with E-state index >= 15 is 0 Å². The van der Waals surface area contributed by atoms with Gasteiger partial charge in [-0.05, 0) is 38.5 Å². The summed E-state index contributed by atoms with van der Waals surface area (Å²) in [6.45, 7) is 4.34. The van der Waals surface area contributed by atoms with Gasteiger partial charge in [-0.15, -0.1) is 0 Å². The van der Waals surface area contributed by atoms with Gasteiger partial charge in [-0.1, -0.05) is 12.8 Å². The van der Waals surface area contributed by atoms with Gasteiger partial charge in [0.1, 0.15) is 0 Å². The number of nitrogens with zero attached hydrogens (tertiary/aromatic N) is 4. The molecule has 1 saturated carbocycles. The van der Waals surface area contributed by atoms with E-state index in [4.69, 9.17) is 0 Å². The average Bonchev–Trinajstić information content (AvgIpc) is 3.19. The Labute approximate surface area is 126 Å². The lowest BCUT2D eigenvalue weighted by Crippen LogP contribution is -2.27. The molecule has 116 valence electrons. The molecular weight excluding hydrogens is 264 g/mol. The summed E-state index contributed by atoms with van der Waals surface area (Å²) in [7, 11) is 1.85. The van der Waals surface area contributed by atoms with Gasteiger partial charge in [0.25, 0.3) is 0 Å². The molecule has 1 aromatic heterocycles. The first-order valence-electron chi connectivity index (χ1n) is 8.21. The summed E-state index contributed by atoms with van der Waals surface area (Å²) in [5.41, 5.74) is 0. The molecule has 1 aliphatic heterocycles. The Morgan fingerprint density at radius 2 is 1.67 bits per heavy atom. The second-order valence-corrected chi connectivity index (χ2v) is 6.20. The Bertz CT molecular complexity index is 465. The van der Waals surface area contributed by atoms with Crippen LogP contribution >= 0.6 is 0 Å². The highest BCUT2D eigenvalue weighted by atomic mass is 15.3. The second kappa shape index (κ2) is 6.45. The molecule has 2 aliphatic rings. The van der Waals surface area contributed by atoms with Crippen molar-refractivity contribution in [2.75, 3.05) is 35.7 Å². The van der Waals surface area contributed by atoms with Gasteiger partial charge in [0.2, 0.25) is 17.8 Å². The number of aromatic nitrogens is 3. The van der Waals surface area contributed by atoms with Crippen LogP contribution in [-0.4, -0.2) is 41.1 Å². The van der Waals surface area contributed by atoms with Gasteiger partial charge >= 0.3 is 0 Å². The van der Waals surface area contributed by atoms with Crippen molar-refractivity contribution in [2.24, 2.45) is 5.92 Å². The summed E-state index contributed by atoms with van der Waals surface area (Å²) >= 11 is 0. The third-order valence-electron chi connectivity index (χ3n) is 4.70. The highest BCUT2D eigenvalue weighted by molar-refractivity contribution is 5.44. The van der Waals surface area contributed by atoms with Gasteiger partial charge < -0.3 is 15.5 Å². The number of hydrogen-bond donors (Lipinski definition) is 2. The van der Waals surface area contributed by atoms with Crippen molar-refractivity contribution in [3.05, 3.63) is 0 Å². The predicted molar refractivity (Wildman–Crippen MR) is 85.9 cm³/mol. The zero-order valence-corrected chi connectivity index (χ0v) is 13.1. The lowest BCUT2D eigenvalue weighted by molar-refractivity contribution is 0.480.